The lowest BCUT2D eigenvalue weighted by atomic mass is 10.1. The van der Waals surface area contributed by atoms with Crippen molar-refractivity contribution in [2.45, 2.75) is 13.1 Å². The van der Waals surface area contributed by atoms with Crippen molar-refractivity contribution in [3.05, 3.63) is 74.8 Å². The first-order valence-corrected chi connectivity index (χ1v) is 6.22. The highest BCUT2D eigenvalue weighted by molar-refractivity contribution is 6.30. The highest BCUT2D eigenvalue weighted by Gasteiger charge is 2.11. The molecule has 0 aromatic heterocycles. The molecule has 5 heteroatoms. The lowest BCUT2D eigenvalue weighted by Gasteiger charge is -2.06. The number of benzene rings is 2. The van der Waals surface area contributed by atoms with E-state index in [-0.39, 0.29) is 10.6 Å². The number of hydrogen-bond donors (Lipinski definition) is 1. The third-order valence-electron chi connectivity index (χ3n) is 2.72. The zero-order valence-electron chi connectivity index (χ0n) is 10.2. The Morgan fingerprint density at radius 2 is 1.89 bits per heavy atom. The molecule has 1 N–H and O–H groups in total. The second-order valence-electron chi connectivity index (χ2n) is 4.12. The van der Waals surface area contributed by atoms with Gasteiger partial charge in [0.2, 0.25) is 0 Å². The van der Waals surface area contributed by atoms with Gasteiger partial charge in [0, 0.05) is 29.7 Å². The molecule has 0 saturated heterocycles. The van der Waals surface area contributed by atoms with Crippen molar-refractivity contribution in [2.24, 2.45) is 0 Å². The van der Waals surface area contributed by atoms with E-state index >= 15 is 0 Å². The molecule has 0 aliphatic heterocycles. The van der Waals surface area contributed by atoms with E-state index in [9.17, 15) is 10.1 Å². The highest BCUT2D eigenvalue weighted by Crippen LogP contribution is 2.17. The van der Waals surface area contributed by atoms with Gasteiger partial charge in [0.1, 0.15) is 0 Å². The summed E-state index contributed by atoms with van der Waals surface area (Å²) >= 11 is 5.89. The number of halogens is 1. The summed E-state index contributed by atoms with van der Waals surface area (Å²) in [5, 5.41) is 14.7. The van der Waals surface area contributed by atoms with E-state index in [1.807, 2.05) is 24.3 Å². The Balaban J connectivity index is 1.98. The number of rotatable bonds is 5. The monoisotopic (exact) mass is 276 g/mol. The fraction of sp³-hybridized carbons (Fsp3) is 0.143. The van der Waals surface area contributed by atoms with Crippen LogP contribution in [0.4, 0.5) is 5.69 Å². The first kappa shape index (κ1) is 13.5. The van der Waals surface area contributed by atoms with Crippen molar-refractivity contribution in [1.82, 2.24) is 5.32 Å². The van der Waals surface area contributed by atoms with Crippen LogP contribution in [0.15, 0.2) is 48.5 Å². The van der Waals surface area contributed by atoms with Crippen molar-refractivity contribution in [3.63, 3.8) is 0 Å². The summed E-state index contributed by atoms with van der Waals surface area (Å²) in [6, 6.07) is 14.2. The number of nitro groups is 1. The molecule has 98 valence electrons. The number of nitrogens with zero attached hydrogens (tertiary/aromatic N) is 1. The largest absolute Gasteiger partial charge is 0.308 e. The van der Waals surface area contributed by atoms with Crippen LogP contribution in [0, 0.1) is 10.1 Å². The Kier molecular flexibility index (Phi) is 4.49. The van der Waals surface area contributed by atoms with Gasteiger partial charge in [-0.1, -0.05) is 41.9 Å². The quantitative estimate of drug-likeness (QED) is 0.671. The average Bonchev–Trinajstić information content (AvgIpc) is 2.39. The van der Waals surface area contributed by atoms with Crippen molar-refractivity contribution < 1.29 is 4.92 Å². The summed E-state index contributed by atoms with van der Waals surface area (Å²) in [6.45, 7) is 1.07. The van der Waals surface area contributed by atoms with E-state index < -0.39 is 0 Å². The van der Waals surface area contributed by atoms with Gasteiger partial charge in [-0.05, 0) is 17.7 Å². The number of nitro benzene ring substituents is 1. The zero-order valence-corrected chi connectivity index (χ0v) is 10.9. The Labute approximate surface area is 116 Å². The van der Waals surface area contributed by atoms with Crippen LogP contribution in [-0.4, -0.2) is 4.92 Å². The molecule has 2 aromatic carbocycles. The van der Waals surface area contributed by atoms with Crippen molar-refractivity contribution >= 4 is 17.3 Å². The fourth-order valence-corrected chi connectivity index (χ4v) is 2.04. The predicted molar refractivity (Wildman–Crippen MR) is 75.1 cm³/mol. The van der Waals surface area contributed by atoms with E-state index in [0.717, 1.165) is 5.56 Å². The highest BCUT2D eigenvalue weighted by atomic mass is 35.5. The standard InChI is InChI=1S/C14H13ClN2O2/c15-13-6-3-4-11(8-13)9-16-10-12-5-1-2-7-14(12)17(18)19/h1-8,16H,9-10H2. The lowest BCUT2D eigenvalue weighted by molar-refractivity contribution is -0.385. The van der Waals surface area contributed by atoms with Crippen LogP contribution in [0.2, 0.25) is 5.02 Å². The van der Waals surface area contributed by atoms with E-state index in [2.05, 4.69) is 5.32 Å². The number of para-hydroxylation sites is 1. The normalized spacial score (nSPS) is 10.4. The number of nitrogens with one attached hydrogen (secondary N) is 1. The van der Waals surface area contributed by atoms with Crippen molar-refractivity contribution in [3.8, 4) is 0 Å². The molecule has 0 radical (unpaired) electrons. The van der Waals surface area contributed by atoms with Crippen LogP contribution < -0.4 is 5.32 Å². The van der Waals surface area contributed by atoms with Gasteiger partial charge < -0.3 is 5.32 Å². The third-order valence-corrected chi connectivity index (χ3v) is 2.96. The van der Waals surface area contributed by atoms with Gasteiger partial charge in [0.25, 0.3) is 5.69 Å². The second kappa shape index (κ2) is 6.31. The maximum absolute atomic E-state index is 10.9. The molecule has 0 bridgehead atoms. The molecular weight excluding hydrogens is 264 g/mol. The molecule has 0 fully saturated rings. The lowest BCUT2D eigenvalue weighted by Crippen LogP contribution is -2.13. The maximum atomic E-state index is 10.9. The summed E-state index contributed by atoms with van der Waals surface area (Å²) < 4.78 is 0. The smallest absolute Gasteiger partial charge is 0.273 e. The molecule has 0 spiro atoms. The van der Waals surface area contributed by atoms with Gasteiger partial charge in [-0.3, -0.25) is 10.1 Å². The van der Waals surface area contributed by atoms with Crippen LogP contribution in [-0.2, 0) is 13.1 Å². The van der Waals surface area contributed by atoms with Crippen LogP contribution in [0.5, 0.6) is 0 Å². The van der Waals surface area contributed by atoms with Crippen molar-refractivity contribution in [2.75, 3.05) is 0 Å². The minimum atomic E-state index is -0.365. The SMILES string of the molecule is O=[N+]([O-])c1ccccc1CNCc1cccc(Cl)c1. The minimum Gasteiger partial charge on any atom is -0.308 e. The van der Waals surface area contributed by atoms with Crippen LogP contribution in [0.1, 0.15) is 11.1 Å². The molecule has 2 rings (SSSR count). The molecule has 0 aliphatic carbocycles. The maximum Gasteiger partial charge on any atom is 0.273 e. The van der Waals surface area contributed by atoms with Gasteiger partial charge in [-0.25, -0.2) is 0 Å². The van der Waals surface area contributed by atoms with Crippen LogP contribution in [0.3, 0.4) is 0 Å². The van der Waals surface area contributed by atoms with Crippen LogP contribution >= 0.6 is 11.6 Å². The molecule has 0 unspecified atom stereocenters. The first-order valence-electron chi connectivity index (χ1n) is 5.84. The minimum absolute atomic E-state index is 0.140. The van der Waals surface area contributed by atoms with Gasteiger partial charge in [0.15, 0.2) is 0 Å². The molecule has 0 atom stereocenters. The molecule has 0 aliphatic rings. The summed E-state index contributed by atoms with van der Waals surface area (Å²) in [6.07, 6.45) is 0. The molecule has 0 saturated carbocycles. The third kappa shape index (κ3) is 3.77. The summed E-state index contributed by atoms with van der Waals surface area (Å²) in [5.41, 5.74) is 1.86. The zero-order chi connectivity index (χ0) is 13.7. The topological polar surface area (TPSA) is 55.2 Å². The van der Waals surface area contributed by atoms with E-state index in [4.69, 9.17) is 11.6 Å². The van der Waals surface area contributed by atoms with E-state index in [0.29, 0.717) is 23.7 Å². The van der Waals surface area contributed by atoms with Gasteiger partial charge in [-0.15, -0.1) is 0 Å². The fourth-order valence-electron chi connectivity index (χ4n) is 1.83. The van der Waals surface area contributed by atoms with Gasteiger partial charge >= 0.3 is 0 Å². The molecule has 0 amide bonds. The molecule has 2 aromatic rings. The summed E-state index contributed by atoms with van der Waals surface area (Å²) in [5.74, 6) is 0. The predicted octanol–water partition coefficient (Wildman–Crippen LogP) is 3.54. The van der Waals surface area contributed by atoms with E-state index in [1.54, 1.807) is 18.2 Å². The molecule has 19 heavy (non-hydrogen) atoms. The molecular formula is C14H13ClN2O2. The van der Waals surface area contributed by atoms with E-state index in [1.165, 1.54) is 6.07 Å². The average molecular weight is 277 g/mol. The Hall–Kier alpha value is -1.91. The van der Waals surface area contributed by atoms with Crippen LogP contribution in [0.25, 0.3) is 0 Å². The van der Waals surface area contributed by atoms with Gasteiger partial charge in [-0.2, -0.15) is 0 Å². The number of hydrogen-bond acceptors (Lipinski definition) is 3. The van der Waals surface area contributed by atoms with Crippen molar-refractivity contribution in [1.29, 1.82) is 0 Å². The second-order valence-corrected chi connectivity index (χ2v) is 4.56. The molecule has 0 heterocycles. The summed E-state index contributed by atoms with van der Waals surface area (Å²) in [7, 11) is 0. The molecule has 4 nitrogen and oxygen atoms in total. The Morgan fingerprint density at radius 3 is 2.63 bits per heavy atom. The summed E-state index contributed by atoms with van der Waals surface area (Å²) in [4.78, 5) is 10.5. The first-order chi connectivity index (χ1) is 9.16. The van der Waals surface area contributed by atoms with Gasteiger partial charge in [0.05, 0.1) is 4.92 Å². The Morgan fingerprint density at radius 1 is 1.11 bits per heavy atom. The Bertz CT molecular complexity index is 587.